The molecule has 4 aliphatic carbocycles. The van der Waals surface area contributed by atoms with E-state index in [0.717, 1.165) is 30.0 Å². The lowest BCUT2D eigenvalue weighted by Crippen LogP contribution is -2.59. The van der Waals surface area contributed by atoms with Crippen molar-refractivity contribution in [3.63, 3.8) is 0 Å². The summed E-state index contributed by atoms with van der Waals surface area (Å²) in [5.74, 6) is 3.36. The molecule has 30 heavy (non-hydrogen) atoms. The molecule has 5 aliphatic rings. The van der Waals surface area contributed by atoms with E-state index < -0.39 is 0 Å². The van der Waals surface area contributed by atoms with Gasteiger partial charge in [0.05, 0.1) is 17.8 Å². The summed E-state index contributed by atoms with van der Waals surface area (Å²) in [6.07, 6.45) is 10.3. The van der Waals surface area contributed by atoms with E-state index in [1.807, 2.05) is 10.7 Å². The third kappa shape index (κ3) is 2.89. The minimum absolute atomic E-state index is 0.0175. The SMILES string of the molecule is CC1(C)C[C@@H](c2ccccc2)Nc2c(C(=O)NC34CC5CC(CC(C5)C3)C4)cnn21. The summed E-state index contributed by atoms with van der Waals surface area (Å²) in [6.45, 7) is 4.42. The molecule has 4 bridgehead atoms. The van der Waals surface area contributed by atoms with E-state index in [4.69, 9.17) is 0 Å². The lowest BCUT2D eigenvalue weighted by molar-refractivity contribution is -0.0166. The van der Waals surface area contributed by atoms with Gasteiger partial charge in [0.1, 0.15) is 11.4 Å². The number of anilines is 1. The number of aromatic nitrogens is 2. The van der Waals surface area contributed by atoms with Crippen molar-refractivity contribution in [2.24, 2.45) is 17.8 Å². The van der Waals surface area contributed by atoms with E-state index in [9.17, 15) is 4.79 Å². The molecule has 2 N–H and O–H groups in total. The van der Waals surface area contributed by atoms with Crippen molar-refractivity contribution in [1.82, 2.24) is 15.1 Å². The highest BCUT2D eigenvalue weighted by atomic mass is 16.1. The third-order valence-corrected chi connectivity index (χ3v) is 8.22. The molecule has 0 spiro atoms. The topological polar surface area (TPSA) is 59.0 Å². The van der Waals surface area contributed by atoms with E-state index in [0.29, 0.717) is 5.56 Å². The Balaban J connectivity index is 1.29. The van der Waals surface area contributed by atoms with Gasteiger partial charge in [-0.05, 0) is 82.1 Å². The molecule has 0 radical (unpaired) electrons. The molecule has 1 atom stereocenters. The van der Waals surface area contributed by atoms with Crippen molar-refractivity contribution < 1.29 is 4.79 Å². The predicted octanol–water partition coefficient (Wildman–Crippen LogP) is 4.87. The maximum Gasteiger partial charge on any atom is 0.257 e. The highest BCUT2D eigenvalue weighted by molar-refractivity contribution is 5.99. The molecule has 158 valence electrons. The molecular weight excluding hydrogens is 372 g/mol. The van der Waals surface area contributed by atoms with Gasteiger partial charge in [0.2, 0.25) is 0 Å². The van der Waals surface area contributed by atoms with Crippen LogP contribution in [-0.4, -0.2) is 21.2 Å². The Morgan fingerprint density at radius 1 is 1.03 bits per heavy atom. The van der Waals surface area contributed by atoms with Crippen LogP contribution < -0.4 is 10.6 Å². The standard InChI is InChI=1S/C25H32N4O/c1-24(2)14-21(19-6-4-3-5-7-19)27-22-20(15-26-29(22)24)23(30)28-25-11-16-8-17(12-25)10-18(9-16)13-25/h3-7,15-18,21,27H,8-14H2,1-2H3,(H,28,30)/t16?,17?,18?,21-,25?/m0/s1. The molecule has 7 rings (SSSR count). The molecule has 4 saturated carbocycles. The lowest BCUT2D eigenvalue weighted by atomic mass is 9.53. The number of carbonyl (C=O) groups is 1. The van der Waals surface area contributed by atoms with Crippen LogP contribution in [0.5, 0.6) is 0 Å². The summed E-state index contributed by atoms with van der Waals surface area (Å²) in [5, 5.41) is 11.8. The smallest absolute Gasteiger partial charge is 0.257 e. The molecule has 5 nitrogen and oxygen atoms in total. The summed E-state index contributed by atoms with van der Waals surface area (Å²) in [5.41, 5.74) is 1.81. The number of benzene rings is 1. The second-order valence-electron chi connectivity index (χ2n) is 11.1. The number of rotatable bonds is 3. The van der Waals surface area contributed by atoms with Crippen LogP contribution in [-0.2, 0) is 5.54 Å². The Bertz CT molecular complexity index is 941. The molecule has 1 amide bonds. The number of hydrogen-bond acceptors (Lipinski definition) is 3. The van der Waals surface area contributed by atoms with Gasteiger partial charge in [0, 0.05) is 5.54 Å². The third-order valence-electron chi connectivity index (χ3n) is 8.22. The van der Waals surface area contributed by atoms with E-state index in [2.05, 4.69) is 53.8 Å². The Morgan fingerprint density at radius 2 is 1.67 bits per heavy atom. The fourth-order valence-corrected chi connectivity index (χ4v) is 7.37. The normalized spacial score (nSPS) is 35.5. The Labute approximate surface area is 178 Å². The zero-order valence-corrected chi connectivity index (χ0v) is 18.0. The quantitative estimate of drug-likeness (QED) is 0.767. The first kappa shape index (κ1) is 18.5. The lowest BCUT2D eigenvalue weighted by Gasteiger charge is -2.56. The van der Waals surface area contributed by atoms with Gasteiger partial charge in [0.25, 0.3) is 5.91 Å². The van der Waals surface area contributed by atoms with Gasteiger partial charge >= 0.3 is 0 Å². The first-order valence-corrected chi connectivity index (χ1v) is 11.6. The van der Waals surface area contributed by atoms with Crippen molar-refractivity contribution in [2.75, 3.05) is 5.32 Å². The number of fused-ring (bicyclic) bond motifs is 1. The van der Waals surface area contributed by atoms with Crippen molar-refractivity contribution in [1.29, 1.82) is 0 Å². The summed E-state index contributed by atoms with van der Waals surface area (Å²) in [4.78, 5) is 13.5. The van der Waals surface area contributed by atoms with Gasteiger partial charge in [-0.2, -0.15) is 5.10 Å². The number of amides is 1. The van der Waals surface area contributed by atoms with Crippen LogP contribution in [0.25, 0.3) is 0 Å². The molecule has 1 aromatic carbocycles. The molecule has 4 fully saturated rings. The largest absolute Gasteiger partial charge is 0.363 e. The van der Waals surface area contributed by atoms with Crippen LogP contribution in [0, 0.1) is 17.8 Å². The summed E-state index contributed by atoms with van der Waals surface area (Å²) in [6, 6.07) is 10.7. The molecule has 2 aromatic rings. The van der Waals surface area contributed by atoms with Gasteiger partial charge in [0.15, 0.2) is 0 Å². The summed E-state index contributed by atoms with van der Waals surface area (Å²) >= 11 is 0. The van der Waals surface area contributed by atoms with Crippen molar-refractivity contribution in [3.05, 3.63) is 47.7 Å². The Kier molecular flexibility index (Phi) is 3.91. The van der Waals surface area contributed by atoms with E-state index >= 15 is 0 Å². The van der Waals surface area contributed by atoms with Crippen LogP contribution in [0.15, 0.2) is 36.5 Å². The number of nitrogens with one attached hydrogen (secondary N) is 2. The fraction of sp³-hybridized carbons (Fsp3) is 0.600. The highest BCUT2D eigenvalue weighted by Crippen LogP contribution is 2.55. The van der Waals surface area contributed by atoms with Crippen LogP contribution in [0.1, 0.15) is 80.8 Å². The molecule has 1 aromatic heterocycles. The first-order valence-electron chi connectivity index (χ1n) is 11.6. The Hall–Kier alpha value is -2.30. The number of hydrogen-bond donors (Lipinski definition) is 2. The summed E-state index contributed by atoms with van der Waals surface area (Å²) < 4.78 is 2.01. The average Bonchev–Trinajstić information content (AvgIpc) is 3.12. The second kappa shape index (κ2) is 6.35. The van der Waals surface area contributed by atoms with Crippen LogP contribution in [0.2, 0.25) is 0 Å². The maximum absolute atomic E-state index is 13.5. The van der Waals surface area contributed by atoms with Gasteiger partial charge in [-0.3, -0.25) is 4.79 Å². The molecule has 1 aliphatic heterocycles. The maximum atomic E-state index is 13.5. The first-order chi connectivity index (χ1) is 14.4. The zero-order chi connectivity index (χ0) is 20.5. The van der Waals surface area contributed by atoms with Crippen LogP contribution in [0.4, 0.5) is 5.82 Å². The number of carbonyl (C=O) groups excluding carboxylic acids is 1. The fourth-order valence-electron chi connectivity index (χ4n) is 7.37. The van der Waals surface area contributed by atoms with Gasteiger partial charge in [-0.15, -0.1) is 0 Å². The van der Waals surface area contributed by atoms with E-state index in [1.54, 1.807) is 6.20 Å². The molecular formula is C25H32N4O. The molecule has 2 heterocycles. The highest BCUT2D eigenvalue weighted by Gasteiger charge is 2.52. The van der Waals surface area contributed by atoms with E-state index in [1.165, 1.54) is 44.1 Å². The molecule has 0 unspecified atom stereocenters. The second-order valence-corrected chi connectivity index (χ2v) is 11.1. The Morgan fingerprint density at radius 3 is 2.30 bits per heavy atom. The van der Waals surface area contributed by atoms with Gasteiger partial charge in [-0.1, -0.05) is 30.3 Å². The zero-order valence-electron chi connectivity index (χ0n) is 18.0. The molecule has 0 saturated heterocycles. The molecule has 5 heteroatoms. The van der Waals surface area contributed by atoms with E-state index in [-0.39, 0.29) is 23.0 Å². The minimum Gasteiger partial charge on any atom is -0.363 e. The monoisotopic (exact) mass is 404 g/mol. The van der Waals surface area contributed by atoms with Crippen molar-refractivity contribution >= 4 is 11.7 Å². The minimum atomic E-state index is -0.152. The predicted molar refractivity (Wildman–Crippen MR) is 117 cm³/mol. The van der Waals surface area contributed by atoms with Crippen molar-refractivity contribution in [2.45, 2.75) is 75.9 Å². The average molecular weight is 405 g/mol. The van der Waals surface area contributed by atoms with Crippen LogP contribution >= 0.6 is 0 Å². The van der Waals surface area contributed by atoms with Crippen LogP contribution in [0.3, 0.4) is 0 Å². The van der Waals surface area contributed by atoms with Gasteiger partial charge < -0.3 is 10.6 Å². The number of nitrogens with zero attached hydrogens (tertiary/aromatic N) is 2. The van der Waals surface area contributed by atoms with Gasteiger partial charge in [-0.25, -0.2) is 4.68 Å². The summed E-state index contributed by atoms with van der Waals surface area (Å²) in [7, 11) is 0. The van der Waals surface area contributed by atoms with Crippen molar-refractivity contribution in [3.8, 4) is 0 Å².